The maximum atomic E-state index is 13.6. The van der Waals surface area contributed by atoms with E-state index in [-0.39, 0.29) is 12.3 Å². The summed E-state index contributed by atoms with van der Waals surface area (Å²) in [4.78, 5) is 23.3. The fourth-order valence-electron chi connectivity index (χ4n) is 1.93. The van der Waals surface area contributed by atoms with Crippen LogP contribution in [0.3, 0.4) is 0 Å². The molecular weight excluding hydrogens is 313 g/mol. The molecule has 8 heteroatoms. The van der Waals surface area contributed by atoms with Gasteiger partial charge in [-0.15, -0.1) is 0 Å². The number of amides is 1. The number of esters is 1. The van der Waals surface area contributed by atoms with Crippen molar-refractivity contribution in [1.29, 1.82) is 0 Å². The molecule has 0 aliphatic carbocycles. The average Bonchev–Trinajstić information content (AvgIpc) is 2.40. The Labute approximate surface area is 132 Å². The first-order valence-corrected chi connectivity index (χ1v) is 6.91. The number of carbonyl (C=O) groups excluding carboxylic acids is 2. The highest BCUT2D eigenvalue weighted by molar-refractivity contribution is 5.90. The van der Waals surface area contributed by atoms with Crippen LogP contribution >= 0.6 is 0 Å². The number of halogens is 3. The van der Waals surface area contributed by atoms with Gasteiger partial charge in [-0.2, -0.15) is 13.2 Å². The largest absolute Gasteiger partial charge is 0.463 e. The van der Waals surface area contributed by atoms with E-state index in [9.17, 15) is 22.8 Å². The first-order valence-electron chi connectivity index (χ1n) is 6.91. The molecule has 0 aromatic heterocycles. The van der Waals surface area contributed by atoms with Gasteiger partial charge < -0.3 is 15.4 Å². The normalized spacial score (nSPS) is 13.9. The first kappa shape index (κ1) is 18.8. The van der Waals surface area contributed by atoms with Crippen LogP contribution < -0.4 is 10.6 Å². The second-order valence-corrected chi connectivity index (χ2v) is 5.07. The molecule has 0 spiro atoms. The Balaban J connectivity index is 3.38. The summed E-state index contributed by atoms with van der Waals surface area (Å²) in [5.74, 6) is -2.65. The number of hydrogen-bond donors (Lipinski definition) is 2. The van der Waals surface area contributed by atoms with Crippen LogP contribution in [0.2, 0.25) is 0 Å². The summed E-state index contributed by atoms with van der Waals surface area (Å²) in [6, 6.07) is 4.46. The van der Waals surface area contributed by atoms with Crippen LogP contribution in [0.5, 0.6) is 0 Å². The first-order chi connectivity index (χ1) is 10.5. The van der Waals surface area contributed by atoms with E-state index in [2.05, 4.69) is 10.1 Å². The van der Waals surface area contributed by atoms with Gasteiger partial charge in [0.2, 0.25) is 5.91 Å². The number of benzene rings is 1. The van der Waals surface area contributed by atoms with Crippen molar-refractivity contribution in [1.82, 2.24) is 5.32 Å². The molecule has 0 aliphatic rings. The molecule has 0 aliphatic heterocycles. The van der Waals surface area contributed by atoms with Crippen molar-refractivity contribution in [2.75, 3.05) is 11.9 Å². The number of rotatable bonds is 5. The molecule has 0 unspecified atom stereocenters. The maximum Gasteiger partial charge on any atom is 0.441 e. The van der Waals surface area contributed by atoms with E-state index in [1.807, 2.05) is 0 Å². The highest BCUT2D eigenvalue weighted by Crippen LogP contribution is 2.33. The molecule has 0 radical (unpaired) electrons. The lowest BCUT2D eigenvalue weighted by molar-refractivity contribution is -0.207. The summed E-state index contributed by atoms with van der Waals surface area (Å²) in [6.07, 6.45) is -5.11. The van der Waals surface area contributed by atoms with Gasteiger partial charge in [-0.3, -0.25) is 4.79 Å². The van der Waals surface area contributed by atoms with Crippen LogP contribution in [0.15, 0.2) is 18.2 Å². The Bertz CT molecular complexity index is 602. The van der Waals surface area contributed by atoms with Gasteiger partial charge >= 0.3 is 17.8 Å². The number of alkyl halides is 3. The van der Waals surface area contributed by atoms with Gasteiger partial charge in [0.05, 0.1) is 6.61 Å². The van der Waals surface area contributed by atoms with Gasteiger partial charge in [0.1, 0.15) is 0 Å². The van der Waals surface area contributed by atoms with Crippen LogP contribution in [-0.4, -0.2) is 30.3 Å². The fraction of sp³-hybridized carbons (Fsp3) is 0.467. The second-order valence-electron chi connectivity index (χ2n) is 5.07. The quantitative estimate of drug-likeness (QED) is 0.643. The maximum absolute atomic E-state index is 13.6. The Morgan fingerprint density at radius 1 is 1.17 bits per heavy atom. The van der Waals surface area contributed by atoms with Crippen LogP contribution in [-0.2, 0) is 14.3 Å². The summed E-state index contributed by atoms with van der Waals surface area (Å²) in [5.41, 5.74) is -1.70. The molecule has 1 atom stereocenters. The molecule has 2 N–H and O–H groups in total. The Hall–Kier alpha value is -2.25. The van der Waals surface area contributed by atoms with Crippen molar-refractivity contribution in [3.63, 3.8) is 0 Å². The minimum absolute atomic E-state index is 0.0345. The third kappa shape index (κ3) is 4.14. The van der Waals surface area contributed by atoms with Crippen LogP contribution in [0, 0.1) is 13.8 Å². The zero-order chi connectivity index (χ0) is 17.8. The van der Waals surface area contributed by atoms with E-state index in [1.165, 1.54) is 19.1 Å². The van der Waals surface area contributed by atoms with Crippen molar-refractivity contribution < 1.29 is 27.5 Å². The van der Waals surface area contributed by atoms with Crippen LogP contribution in [0.1, 0.15) is 25.0 Å². The van der Waals surface area contributed by atoms with Gasteiger partial charge in [-0.1, -0.05) is 6.07 Å². The third-order valence-corrected chi connectivity index (χ3v) is 3.21. The number of aryl methyl sites for hydroxylation is 2. The van der Waals surface area contributed by atoms with E-state index >= 15 is 0 Å². The smallest absolute Gasteiger partial charge is 0.441 e. The number of ether oxygens (including phenoxy) is 1. The predicted octanol–water partition coefficient (Wildman–Crippen LogP) is 2.67. The second kappa shape index (κ2) is 6.89. The molecule has 1 amide bonds. The zero-order valence-electron chi connectivity index (χ0n) is 13.3. The molecule has 0 saturated heterocycles. The summed E-state index contributed by atoms with van der Waals surface area (Å²) in [6.45, 7) is 5.53. The molecule has 23 heavy (non-hydrogen) atoms. The summed E-state index contributed by atoms with van der Waals surface area (Å²) < 4.78 is 45.3. The van der Waals surface area contributed by atoms with Crippen molar-refractivity contribution in [2.45, 2.75) is 39.5 Å². The summed E-state index contributed by atoms with van der Waals surface area (Å²) in [7, 11) is 0. The average molecular weight is 332 g/mol. The minimum atomic E-state index is -5.11. The van der Waals surface area contributed by atoms with E-state index in [0.717, 1.165) is 18.1 Å². The topological polar surface area (TPSA) is 67.4 Å². The highest BCUT2D eigenvalue weighted by atomic mass is 19.4. The minimum Gasteiger partial charge on any atom is -0.463 e. The molecule has 1 aromatic carbocycles. The predicted molar refractivity (Wildman–Crippen MR) is 78.8 cm³/mol. The molecule has 128 valence electrons. The number of carbonyl (C=O) groups is 2. The van der Waals surface area contributed by atoms with Crippen LogP contribution in [0.4, 0.5) is 18.9 Å². The molecule has 0 bridgehead atoms. The molecule has 1 rings (SSSR count). The van der Waals surface area contributed by atoms with Gasteiger partial charge in [0.15, 0.2) is 0 Å². The summed E-state index contributed by atoms with van der Waals surface area (Å²) in [5, 5.41) is 3.74. The van der Waals surface area contributed by atoms with Crippen molar-refractivity contribution >= 4 is 17.6 Å². The van der Waals surface area contributed by atoms with E-state index in [1.54, 1.807) is 25.2 Å². The zero-order valence-corrected chi connectivity index (χ0v) is 13.3. The fourth-order valence-corrected chi connectivity index (χ4v) is 1.93. The van der Waals surface area contributed by atoms with E-state index < -0.39 is 23.7 Å². The molecular formula is C15H19F3N2O3. The number of anilines is 1. The lowest BCUT2D eigenvalue weighted by atomic mass is 10.1. The Morgan fingerprint density at radius 2 is 1.78 bits per heavy atom. The standard InChI is InChI=1S/C15H19F3N2O3/c1-5-23-13(22)14(15(16,17)18,19-11(4)21)20-12-7-6-9(2)10(3)8-12/h6-8,20H,5H2,1-4H3,(H,19,21)/t14-/m1/s1. The molecule has 0 fully saturated rings. The van der Waals surface area contributed by atoms with Crippen molar-refractivity contribution in [3.05, 3.63) is 29.3 Å². The van der Waals surface area contributed by atoms with Gasteiger partial charge in [-0.05, 0) is 44.0 Å². The Morgan fingerprint density at radius 3 is 2.22 bits per heavy atom. The summed E-state index contributed by atoms with van der Waals surface area (Å²) >= 11 is 0. The Kier molecular flexibility index (Phi) is 5.63. The lowest BCUT2D eigenvalue weighted by Gasteiger charge is -2.35. The molecule has 0 heterocycles. The lowest BCUT2D eigenvalue weighted by Crippen LogP contribution is -2.69. The van der Waals surface area contributed by atoms with E-state index in [0.29, 0.717) is 0 Å². The van der Waals surface area contributed by atoms with Gasteiger partial charge in [-0.25, -0.2) is 4.79 Å². The number of hydrogen-bond acceptors (Lipinski definition) is 4. The number of nitrogens with one attached hydrogen (secondary N) is 2. The van der Waals surface area contributed by atoms with Gasteiger partial charge in [0, 0.05) is 12.6 Å². The van der Waals surface area contributed by atoms with Gasteiger partial charge in [0.25, 0.3) is 0 Å². The monoisotopic (exact) mass is 332 g/mol. The van der Waals surface area contributed by atoms with Crippen molar-refractivity contribution in [3.8, 4) is 0 Å². The van der Waals surface area contributed by atoms with Crippen LogP contribution in [0.25, 0.3) is 0 Å². The van der Waals surface area contributed by atoms with Crippen molar-refractivity contribution in [2.24, 2.45) is 0 Å². The molecule has 1 aromatic rings. The van der Waals surface area contributed by atoms with E-state index in [4.69, 9.17) is 0 Å². The third-order valence-electron chi connectivity index (χ3n) is 3.21. The highest BCUT2D eigenvalue weighted by Gasteiger charge is 2.63. The molecule has 0 saturated carbocycles. The molecule has 5 nitrogen and oxygen atoms in total. The SMILES string of the molecule is CCOC(=O)[C@@](NC(C)=O)(Nc1ccc(C)c(C)c1)C(F)(F)F.